The summed E-state index contributed by atoms with van der Waals surface area (Å²) in [6.45, 7) is 9.65. The Morgan fingerprint density at radius 3 is 2.42 bits per heavy atom. The lowest BCUT2D eigenvalue weighted by Gasteiger charge is -2.39. The first-order valence-electron chi connectivity index (χ1n) is 11.4. The molecule has 0 aromatic heterocycles. The Labute approximate surface area is 186 Å². The molecule has 2 fully saturated rings. The Balaban J connectivity index is 1.59. The summed E-state index contributed by atoms with van der Waals surface area (Å²) in [6.07, 6.45) is 3.73. The van der Waals surface area contributed by atoms with Crippen LogP contribution in [0.4, 0.5) is 0 Å². The van der Waals surface area contributed by atoms with Crippen LogP contribution in [0.2, 0.25) is 0 Å². The standard InChI is InChI=1S/C27H34N2O2/c1-19-10-8-9-13-22(19)24(30)28-23(14-20-11-6-5-7-12-20)25(31)29-18-27(4)16-21(29)15-26(2,3)17-27/h5-13,21,23H,14-18H2,1-4H3,(H,28,30). The fraction of sp³-hybridized carbons (Fsp3) is 0.481. The van der Waals surface area contributed by atoms with Gasteiger partial charge in [-0.15, -0.1) is 0 Å². The summed E-state index contributed by atoms with van der Waals surface area (Å²) in [7, 11) is 0. The fourth-order valence-corrected chi connectivity index (χ4v) is 6.03. The van der Waals surface area contributed by atoms with Crippen LogP contribution < -0.4 is 5.32 Å². The third kappa shape index (κ3) is 4.68. The number of nitrogens with one attached hydrogen (secondary N) is 1. The number of fused-ring (bicyclic) bond motifs is 2. The molecular formula is C27H34N2O2. The maximum absolute atomic E-state index is 13.8. The molecule has 31 heavy (non-hydrogen) atoms. The van der Waals surface area contributed by atoms with Gasteiger partial charge in [-0.05, 0) is 54.2 Å². The van der Waals surface area contributed by atoms with Crippen LogP contribution in [-0.2, 0) is 11.2 Å². The number of hydrogen-bond donors (Lipinski definition) is 1. The highest BCUT2D eigenvalue weighted by atomic mass is 16.2. The van der Waals surface area contributed by atoms with Gasteiger partial charge in [0.25, 0.3) is 5.91 Å². The van der Waals surface area contributed by atoms with Gasteiger partial charge in [0.2, 0.25) is 5.91 Å². The van der Waals surface area contributed by atoms with Gasteiger partial charge in [-0.2, -0.15) is 0 Å². The molecule has 1 saturated carbocycles. The highest BCUT2D eigenvalue weighted by Gasteiger charge is 2.51. The normalized spacial score (nSPS) is 25.2. The van der Waals surface area contributed by atoms with Crippen LogP contribution >= 0.6 is 0 Å². The fourth-order valence-electron chi connectivity index (χ4n) is 6.03. The van der Waals surface area contributed by atoms with E-state index < -0.39 is 6.04 Å². The Bertz CT molecular complexity index is 968. The SMILES string of the molecule is Cc1ccccc1C(=O)NC(Cc1ccccc1)C(=O)N1CC2(C)CC1CC(C)(C)C2. The first kappa shape index (κ1) is 21.6. The average molecular weight is 419 g/mol. The molecular weight excluding hydrogens is 384 g/mol. The number of amides is 2. The number of rotatable bonds is 5. The van der Waals surface area contributed by atoms with Gasteiger partial charge in [0.05, 0.1) is 0 Å². The van der Waals surface area contributed by atoms with E-state index in [0.717, 1.165) is 36.9 Å². The first-order valence-corrected chi connectivity index (χ1v) is 11.4. The van der Waals surface area contributed by atoms with Crippen LogP contribution in [0.1, 0.15) is 61.5 Å². The first-order chi connectivity index (χ1) is 14.7. The molecule has 3 atom stereocenters. The van der Waals surface area contributed by atoms with Gasteiger partial charge in [0.1, 0.15) is 6.04 Å². The molecule has 2 aliphatic rings. The second-order valence-corrected chi connectivity index (χ2v) is 10.7. The molecule has 4 heteroatoms. The Kier molecular flexibility index (Phi) is 5.67. The molecule has 2 aromatic rings. The minimum atomic E-state index is -0.569. The summed E-state index contributed by atoms with van der Waals surface area (Å²) in [4.78, 5) is 29.0. The van der Waals surface area contributed by atoms with E-state index in [2.05, 4.69) is 31.0 Å². The monoisotopic (exact) mass is 418 g/mol. The van der Waals surface area contributed by atoms with E-state index in [9.17, 15) is 9.59 Å². The largest absolute Gasteiger partial charge is 0.340 e. The molecule has 2 aromatic carbocycles. The molecule has 0 radical (unpaired) electrons. The van der Waals surface area contributed by atoms with E-state index >= 15 is 0 Å². The van der Waals surface area contributed by atoms with Gasteiger partial charge in [-0.3, -0.25) is 9.59 Å². The van der Waals surface area contributed by atoms with E-state index in [1.165, 1.54) is 0 Å². The topological polar surface area (TPSA) is 49.4 Å². The lowest BCUT2D eigenvalue weighted by molar-refractivity contribution is -0.134. The van der Waals surface area contributed by atoms with Crippen LogP contribution in [0, 0.1) is 17.8 Å². The van der Waals surface area contributed by atoms with E-state index in [1.807, 2.05) is 61.5 Å². The van der Waals surface area contributed by atoms with Crippen molar-refractivity contribution in [2.45, 2.75) is 65.5 Å². The van der Waals surface area contributed by atoms with Gasteiger partial charge in [0, 0.05) is 24.6 Å². The van der Waals surface area contributed by atoms with Crippen LogP contribution in [0.25, 0.3) is 0 Å². The Morgan fingerprint density at radius 2 is 1.71 bits per heavy atom. The van der Waals surface area contributed by atoms with E-state index in [1.54, 1.807) is 0 Å². The van der Waals surface area contributed by atoms with Gasteiger partial charge in [-0.1, -0.05) is 69.3 Å². The molecule has 1 aliphatic carbocycles. The van der Waals surface area contributed by atoms with Crippen LogP contribution in [-0.4, -0.2) is 35.3 Å². The van der Waals surface area contributed by atoms with Crippen molar-refractivity contribution >= 4 is 11.8 Å². The number of likely N-dealkylation sites (tertiary alicyclic amines) is 1. The second kappa shape index (κ2) is 8.14. The molecule has 4 rings (SSSR count). The maximum atomic E-state index is 13.8. The zero-order valence-corrected chi connectivity index (χ0v) is 19.2. The quantitative estimate of drug-likeness (QED) is 0.761. The van der Waals surface area contributed by atoms with Crippen molar-refractivity contribution in [3.05, 3.63) is 71.3 Å². The minimum absolute atomic E-state index is 0.0530. The van der Waals surface area contributed by atoms with Crippen molar-refractivity contribution in [2.75, 3.05) is 6.54 Å². The van der Waals surface area contributed by atoms with Crippen molar-refractivity contribution in [2.24, 2.45) is 10.8 Å². The van der Waals surface area contributed by atoms with Crippen molar-refractivity contribution < 1.29 is 9.59 Å². The minimum Gasteiger partial charge on any atom is -0.340 e. The summed E-state index contributed by atoms with van der Waals surface area (Å²) in [5.41, 5.74) is 3.00. The molecule has 1 heterocycles. The highest BCUT2D eigenvalue weighted by Crippen LogP contribution is 2.52. The number of aryl methyl sites for hydroxylation is 1. The number of carbonyl (C=O) groups is 2. The summed E-state index contributed by atoms with van der Waals surface area (Å²) < 4.78 is 0. The number of carbonyl (C=O) groups excluding carboxylic acids is 2. The van der Waals surface area contributed by atoms with Crippen molar-refractivity contribution in [1.82, 2.24) is 10.2 Å². The van der Waals surface area contributed by atoms with Crippen LogP contribution in [0.3, 0.4) is 0 Å². The van der Waals surface area contributed by atoms with E-state index in [0.29, 0.717) is 12.0 Å². The van der Waals surface area contributed by atoms with E-state index in [4.69, 9.17) is 0 Å². The van der Waals surface area contributed by atoms with Gasteiger partial charge in [-0.25, -0.2) is 0 Å². The molecule has 164 valence electrons. The van der Waals surface area contributed by atoms with Crippen molar-refractivity contribution in [1.29, 1.82) is 0 Å². The summed E-state index contributed by atoms with van der Waals surface area (Å²) in [5, 5.41) is 3.08. The molecule has 2 bridgehead atoms. The van der Waals surface area contributed by atoms with Gasteiger partial charge in [0.15, 0.2) is 0 Å². The van der Waals surface area contributed by atoms with Gasteiger partial charge >= 0.3 is 0 Å². The molecule has 0 spiro atoms. The molecule has 1 N–H and O–H groups in total. The number of benzene rings is 2. The molecule has 1 aliphatic heterocycles. The summed E-state index contributed by atoms with van der Waals surface area (Å²) in [5.74, 6) is -0.127. The average Bonchev–Trinajstić information content (AvgIpc) is 2.96. The second-order valence-electron chi connectivity index (χ2n) is 10.7. The van der Waals surface area contributed by atoms with Crippen molar-refractivity contribution in [3.63, 3.8) is 0 Å². The van der Waals surface area contributed by atoms with Crippen molar-refractivity contribution in [3.8, 4) is 0 Å². The molecule has 3 unspecified atom stereocenters. The predicted molar refractivity (Wildman–Crippen MR) is 124 cm³/mol. The maximum Gasteiger partial charge on any atom is 0.252 e. The molecule has 2 amide bonds. The zero-order chi connectivity index (χ0) is 22.2. The smallest absolute Gasteiger partial charge is 0.252 e. The Hall–Kier alpha value is -2.62. The third-order valence-corrected chi connectivity index (χ3v) is 6.97. The highest BCUT2D eigenvalue weighted by molar-refractivity contribution is 5.98. The predicted octanol–water partition coefficient (Wildman–Crippen LogP) is 4.76. The Morgan fingerprint density at radius 1 is 1.03 bits per heavy atom. The zero-order valence-electron chi connectivity index (χ0n) is 19.2. The lowest BCUT2D eigenvalue weighted by Crippen LogP contribution is -2.51. The number of hydrogen-bond acceptors (Lipinski definition) is 2. The lowest BCUT2D eigenvalue weighted by atomic mass is 9.65. The summed E-state index contributed by atoms with van der Waals surface area (Å²) >= 11 is 0. The van der Waals surface area contributed by atoms with Crippen LogP contribution in [0.5, 0.6) is 0 Å². The summed E-state index contributed by atoms with van der Waals surface area (Å²) in [6, 6.07) is 17.2. The van der Waals surface area contributed by atoms with Gasteiger partial charge < -0.3 is 10.2 Å². The van der Waals surface area contributed by atoms with Crippen LogP contribution in [0.15, 0.2) is 54.6 Å². The molecule has 4 nitrogen and oxygen atoms in total. The van der Waals surface area contributed by atoms with E-state index in [-0.39, 0.29) is 28.7 Å². The molecule has 1 saturated heterocycles. The third-order valence-electron chi connectivity index (χ3n) is 6.97. The number of nitrogens with zero attached hydrogens (tertiary/aromatic N) is 1.